The average Bonchev–Trinajstić information content (AvgIpc) is 2.73. The number of Topliss-reactive ketones (excluding diaryl/α,β-unsaturated/α-hetero) is 1. The highest BCUT2D eigenvalue weighted by atomic mass is 35.5. The van der Waals surface area contributed by atoms with Crippen LogP contribution in [0.3, 0.4) is 0 Å². The van der Waals surface area contributed by atoms with Crippen LogP contribution in [0.1, 0.15) is 15.9 Å². The van der Waals surface area contributed by atoms with Gasteiger partial charge >= 0.3 is 0 Å². The van der Waals surface area contributed by atoms with Gasteiger partial charge < -0.3 is 9.15 Å². The number of aryl methyl sites for hydroxylation is 1. The van der Waals surface area contributed by atoms with Crippen molar-refractivity contribution in [3.8, 4) is 17.1 Å². The molecule has 31 heavy (non-hydrogen) atoms. The highest BCUT2D eigenvalue weighted by Gasteiger charge is 2.21. The number of benzene rings is 3. The van der Waals surface area contributed by atoms with Gasteiger partial charge in [0.1, 0.15) is 5.58 Å². The first-order valence-electron chi connectivity index (χ1n) is 9.28. The van der Waals surface area contributed by atoms with Crippen LogP contribution in [0.2, 0.25) is 15.1 Å². The van der Waals surface area contributed by atoms with Crippen LogP contribution in [-0.2, 0) is 0 Å². The minimum Gasteiger partial charge on any atom is -0.478 e. The average molecular weight is 474 g/mol. The maximum absolute atomic E-state index is 13.2. The Bertz CT molecular complexity index is 1380. The van der Waals surface area contributed by atoms with E-state index in [0.717, 1.165) is 5.56 Å². The highest BCUT2D eigenvalue weighted by molar-refractivity contribution is 6.37. The number of carbonyl (C=O) groups excluding carboxylic acids is 1. The van der Waals surface area contributed by atoms with Gasteiger partial charge in [-0.05, 0) is 55.0 Å². The van der Waals surface area contributed by atoms with Gasteiger partial charge in [-0.3, -0.25) is 9.59 Å². The fraction of sp³-hybridized carbons (Fsp3) is 0.0833. The van der Waals surface area contributed by atoms with Gasteiger partial charge in [-0.25, -0.2) is 0 Å². The monoisotopic (exact) mass is 472 g/mol. The number of carbonyl (C=O) groups is 1. The molecule has 0 atom stereocenters. The Morgan fingerprint density at radius 2 is 1.74 bits per heavy atom. The number of ketones is 1. The summed E-state index contributed by atoms with van der Waals surface area (Å²) in [6, 6.07) is 16.7. The molecule has 0 saturated carbocycles. The van der Waals surface area contributed by atoms with E-state index in [9.17, 15) is 9.59 Å². The molecular formula is C24H15Cl3O4. The second kappa shape index (κ2) is 8.75. The summed E-state index contributed by atoms with van der Waals surface area (Å²) in [7, 11) is 0. The Labute approximate surface area is 192 Å². The molecule has 0 N–H and O–H groups in total. The minimum atomic E-state index is -0.416. The summed E-state index contributed by atoms with van der Waals surface area (Å²) in [6.45, 7) is 1.48. The van der Waals surface area contributed by atoms with Crippen molar-refractivity contribution in [2.45, 2.75) is 6.92 Å². The van der Waals surface area contributed by atoms with Crippen LogP contribution >= 0.6 is 34.8 Å². The first kappa shape index (κ1) is 21.4. The molecule has 0 fully saturated rings. The zero-order valence-corrected chi connectivity index (χ0v) is 18.5. The molecule has 0 unspecified atom stereocenters. The third-order valence-electron chi connectivity index (χ3n) is 4.70. The molecule has 0 aliphatic heterocycles. The number of halogens is 3. The predicted molar refractivity (Wildman–Crippen MR) is 124 cm³/mol. The van der Waals surface area contributed by atoms with Crippen LogP contribution in [0.5, 0.6) is 5.75 Å². The van der Waals surface area contributed by atoms with Crippen molar-refractivity contribution in [1.29, 1.82) is 0 Å². The Balaban J connectivity index is 1.80. The van der Waals surface area contributed by atoms with Crippen LogP contribution in [0.15, 0.2) is 69.9 Å². The number of hydrogen-bond donors (Lipinski definition) is 0. The molecule has 0 saturated heterocycles. The molecule has 0 amide bonds. The smallest absolute Gasteiger partial charge is 0.235 e. The number of fused-ring (bicyclic) bond motifs is 1. The molecule has 0 aliphatic carbocycles. The first-order valence-corrected chi connectivity index (χ1v) is 10.4. The number of rotatable bonds is 5. The molecule has 156 valence electrons. The molecule has 4 rings (SSSR count). The molecule has 3 aromatic carbocycles. The van der Waals surface area contributed by atoms with E-state index in [4.69, 9.17) is 44.0 Å². The summed E-state index contributed by atoms with van der Waals surface area (Å²) in [5, 5.41) is 1.34. The lowest BCUT2D eigenvalue weighted by Crippen LogP contribution is -2.17. The third kappa shape index (κ3) is 4.33. The summed E-state index contributed by atoms with van der Waals surface area (Å²) in [6.07, 6.45) is 0. The summed E-state index contributed by atoms with van der Waals surface area (Å²) in [5.74, 6) is -0.346. The van der Waals surface area contributed by atoms with Gasteiger partial charge in [0.2, 0.25) is 17.0 Å². The second-order valence-electron chi connectivity index (χ2n) is 6.90. The lowest BCUT2D eigenvalue weighted by atomic mass is 10.1. The van der Waals surface area contributed by atoms with Crippen molar-refractivity contribution in [3.63, 3.8) is 0 Å². The minimum absolute atomic E-state index is 0.0945. The van der Waals surface area contributed by atoms with Crippen LogP contribution < -0.4 is 10.2 Å². The van der Waals surface area contributed by atoms with Crippen molar-refractivity contribution >= 4 is 51.6 Å². The lowest BCUT2D eigenvalue weighted by Gasteiger charge is -2.13. The molecule has 0 bridgehead atoms. The topological polar surface area (TPSA) is 56.5 Å². The van der Waals surface area contributed by atoms with Gasteiger partial charge in [-0.15, -0.1) is 0 Å². The summed E-state index contributed by atoms with van der Waals surface area (Å²) in [4.78, 5) is 25.9. The molecule has 0 radical (unpaired) electrons. The summed E-state index contributed by atoms with van der Waals surface area (Å²) >= 11 is 18.4. The largest absolute Gasteiger partial charge is 0.478 e. The van der Waals surface area contributed by atoms with Gasteiger partial charge in [0.15, 0.2) is 12.4 Å². The van der Waals surface area contributed by atoms with Crippen LogP contribution in [0, 0.1) is 6.92 Å². The third-order valence-corrected chi connectivity index (χ3v) is 5.58. The van der Waals surface area contributed by atoms with Crippen molar-refractivity contribution in [3.05, 3.63) is 97.1 Å². The van der Waals surface area contributed by atoms with Crippen LogP contribution in [-0.4, -0.2) is 12.4 Å². The zero-order chi connectivity index (χ0) is 22.1. The number of hydrogen-bond acceptors (Lipinski definition) is 4. The lowest BCUT2D eigenvalue weighted by molar-refractivity contribution is 0.0920. The first-order chi connectivity index (χ1) is 14.8. The van der Waals surface area contributed by atoms with Crippen LogP contribution in [0.25, 0.3) is 22.3 Å². The van der Waals surface area contributed by atoms with Gasteiger partial charge in [0.25, 0.3) is 0 Å². The molecular weight excluding hydrogens is 459 g/mol. The van der Waals surface area contributed by atoms with Crippen molar-refractivity contribution in [1.82, 2.24) is 0 Å². The number of ether oxygens (including phenoxy) is 1. The van der Waals surface area contributed by atoms with E-state index in [-0.39, 0.29) is 22.1 Å². The Morgan fingerprint density at radius 1 is 0.968 bits per heavy atom. The standard InChI is InChI=1S/C24H15Cl3O4/c1-13-6-8-17-21(10-13)31-23(16-4-2-3-5-18(16)26)24(22(17)29)30-12-20(28)15-9-7-14(25)11-19(15)27/h2-11H,12H2,1H3. The molecule has 7 heteroatoms. The summed E-state index contributed by atoms with van der Waals surface area (Å²) < 4.78 is 11.7. The van der Waals surface area contributed by atoms with E-state index < -0.39 is 17.8 Å². The maximum atomic E-state index is 13.2. The fourth-order valence-electron chi connectivity index (χ4n) is 3.17. The van der Waals surface area contributed by atoms with Gasteiger partial charge in [-0.1, -0.05) is 53.0 Å². The van der Waals surface area contributed by atoms with Gasteiger partial charge in [0, 0.05) is 16.1 Å². The van der Waals surface area contributed by atoms with E-state index >= 15 is 0 Å². The van der Waals surface area contributed by atoms with E-state index in [0.29, 0.717) is 26.6 Å². The van der Waals surface area contributed by atoms with Gasteiger partial charge in [-0.2, -0.15) is 0 Å². The van der Waals surface area contributed by atoms with Gasteiger partial charge in [0.05, 0.1) is 15.4 Å². The van der Waals surface area contributed by atoms with E-state index in [1.807, 2.05) is 6.92 Å². The molecule has 0 spiro atoms. The molecule has 4 aromatic rings. The quantitative estimate of drug-likeness (QED) is 0.293. The second-order valence-corrected chi connectivity index (χ2v) is 8.16. The van der Waals surface area contributed by atoms with Crippen molar-refractivity contribution in [2.75, 3.05) is 6.61 Å². The van der Waals surface area contributed by atoms with Crippen molar-refractivity contribution < 1.29 is 13.9 Å². The fourth-order valence-corrected chi connectivity index (χ4v) is 3.90. The van der Waals surface area contributed by atoms with E-state index in [1.165, 1.54) is 12.1 Å². The zero-order valence-electron chi connectivity index (χ0n) is 16.2. The molecule has 4 nitrogen and oxygen atoms in total. The Morgan fingerprint density at radius 3 is 2.48 bits per heavy atom. The summed E-state index contributed by atoms with van der Waals surface area (Å²) in [5.41, 5.74) is 1.66. The van der Waals surface area contributed by atoms with Crippen molar-refractivity contribution in [2.24, 2.45) is 0 Å². The van der Waals surface area contributed by atoms with E-state index in [2.05, 4.69) is 0 Å². The predicted octanol–water partition coefficient (Wildman–Crippen LogP) is 6.99. The molecule has 1 aromatic heterocycles. The molecule has 1 heterocycles. The van der Waals surface area contributed by atoms with E-state index in [1.54, 1.807) is 48.5 Å². The highest BCUT2D eigenvalue weighted by Crippen LogP contribution is 2.35. The Kier molecular flexibility index (Phi) is 6.05. The maximum Gasteiger partial charge on any atom is 0.235 e. The normalized spacial score (nSPS) is 11.0. The van der Waals surface area contributed by atoms with Crippen LogP contribution in [0.4, 0.5) is 0 Å². The SMILES string of the molecule is Cc1ccc2c(=O)c(OCC(=O)c3ccc(Cl)cc3Cl)c(-c3ccccc3Cl)oc2c1. The molecule has 0 aliphatic rings. The Hall–Kier alpha value is -2.79.